The van der Waals surface area contributed by atoms with Crippen molar-refractivity contribution in [3.63, 3.8) is 0 Å². The number of rotatable bonds is 16. The van der Waals surface area contributed by atoms with Crippen LogP contribution >= 0.6 is 0 Å². The average molecular weight is 573 g/mol. The van der Waals surface area contributed by atoms with E-state index in [2.05, 4.69) is 12.4 Å². The zero-order valence-corrected chi connectivity index (χ0v) is 23.6. The van der Waals surface area contributed by atoms with Gasteiger partial charge in [0.1, 0.15) is 0 Å². The zero-order valence-electron chi connectivity index (χ0n) is 23.6. The van der Waals surface area contributed by atoms with Crippen molar-refractivity contribution in [3.05, 3.63) is 83.2 Å². The first-order valence-electron chi connectivity index (χ1n) is 14.0. The van der Waals surface area contributed by atoms with Crippen molar-refractivity contribution in [2.24, 2.45) is 17.2 Å². The molecule has 10 heteroatoms. The highest BCUT2D eigenvalue weighted by atomic mass is 19.2. The van der Waals surface area contributed by atoms with Crippen LogP contribution in [-0.4, -0.2) is 68.0 Å². The fraction of sp³-hybridized carbons (Fsp3) is 0.419. The second-order valence-corrected chi connectivity index (χ2v) is 10.9. The lowest BCUT2D eigenvalue weighted by Crippen LogP contribution is -2.52. The first-order chi connectivity index (χ1) is 19.6. The third-order valence-corrected chi connectivity index (χ3v) is 7.61. The average Bonchev–Trinajstić information content (AvgIpc) is 2.95. The van der Waals surface area contributed by atoms with Gasteiger partial charge < -0.3 is 27.0 Å². The fourth-order valence-corrected chi connectivity index (χ4v) is 5.09. The Bertz CT molecular complexity index is 1330. The van der Waals surface area contributed by atoms with Crippen LogP contribution in [0.3, 0.4) is 0 Å². The molecule has 3 aromatic rings. The number of aryl methyl sites for hydroxylation is 1. The minimum absolute atomic E-state index is 0.225. The van der Waals surface area contributed by atoms with Crippen LogP contribution in [0.25, 0.3) is 10.8 Å². The Balaban J connectivity index is 1.70. The molecule has 7 nitrogen and oxygen atoms in total. The Hall–Kier alpha value is -3.31. The van der Waals surface area contributed by atoms with Gasteiger partial charge in [-0.2, -0.15) is 0 Å². The van der Waals surface area contributed by atoms with Gasteiger partial charge in [0.2, 0.25) is 5.91 Å². The summed E-state index contributed by atoms with van der Waals surface area (Å²) in [6, 6.07) is 13.8. The van der Waals surface area contributed by atoms with Gasteiger partial charge in [0, 0.05) is 19.5 Å². The van der Waals surface area contributed by atoms with Crippen LogP contribution in [-0.2, 0) is 22.4 Å². The molecule has 0 spiro atoms. The molecule has 1 amide bonds. The number of quaternary nitrogens is 1. The van der Waals surface area contributed by atoms with Crippen molar-refractivity contribution in [1.29, 1.82) is 0 Å². The van der Waals surface area contributed by atoms with Gasteiger partial charge in [-0.25, -0.2) is 13.2 Å². The number of nitrogens with zero attached hydrogens (tertiary/aromatic N) is 1. The van der Waals surface area contributed by atoms with Crippen LogP contribution in [0.2, 0.25) is 0 Å². The lowest BCUT2D eigenvalue weighted by molar-refractivity contribution is -0.907. The molecule has 7 N–H and O–H groups in total. The number of likely N-dealkylation sites (N-methyl/N-ethyl adjacent to an activating group) is 1. The smallest absolute Gasteiger partial charge is 0.237 e. The van der Waals surface area contributed by atoms with Gasteiger partial charge in [0.25, 0.3) is 0 Å². The molecule has 2 atom stereocenters. The number of halogens is 3. The molecule has 0 saturated heterocycles. The van der Waals surface area contributed by atoms with Crippen molar-refractivity contribution in [2.45, 2.75) is 44.2 Å². The van der Waals surface area contributed by atoms with Gasteiger partial charge >= 0.3 is 0 Å². The molecule has 0 aliphatic rings. The van der Waals surface area contributed by atoms with Crippen LogP contribution in [0.15, 0.2) is 54.6 Å². The van der Waals surface area contributed by atoms with E-state index in [0.717, 1.165) is 48.1 Å². The minimum Gasteiger partial charge on any atom is -0.345 e. The summed E-state index contributed by atoms with van der Waals surface area (Å²) in [6.45, 7) is 3.29. The van der Waals surface area contributed by atoms with E-state index in [1.54, 1.807) is 0 Å². The molecule has 222 valence electrons. The maximum absolute atomic E-state index is 14.3. The number of ketones is 1. The van der Waals surface area contributed by atoms with Crippen LogP contribution < -0.4 is 22.5 Å². The van der Waals surface area contributed by atoms with Crippen molar-refractivity contribution in [1.82, 2.24) is 5.32 Å². The molecular weight excluding hydrogens is 531 g/mol. The molecule has 0 radical (unpaired) electrons. The molecule has 0 fully saturated rings. The third kappa shape index (κ3) is 9.09. The normalized spacial score (nSPS) is 13.2. The Morgan fingerprint density at radius 2 is 1.56 bits per heavy atom. The van der Waals surface area contributed by atoms with Crippen molar-refractivity contribution >= 4 is 22.5 Å². The van der Waals surface area contributed by atoms with E-state index in [4.69, 9.17) is 17.2 Å². The summed E-state index contributed by atoms with van der Waals surface area (Å²) in [4.78, 5) is 26.3. The Labute approximate surface area is 239 Å². The third-order valence-electron chi connectivity index (χ3n) is 7.61. The number of hydrogen-bond acceptors (Lipinski definition) is 5. The summed E-state index contributed by atoms with van der Waals surface area (Å²) in [5.41, 5.74) is 18.4. The molecule has 0 saturated carbocycles. The van der Waals surface area contributed by atoms with E-state index < -0.39 is 47.6 Å². The number of benzene rings is 3. The quantitative estimate of drug-likeness (QED) is 0.155. The Kier molecular flexibility index (Phi) is 11.8. The van der Waals surface area contributed by atoms with Gasteiger partial charge in [-0.05, 0) is 53.6 Å². The van der Waals surface area contributed by atoms with Crippen LogP contribution in [0, 0.1) is 17.5 Å². The van der Waals surface area contributed by atoms with Gasteiger partial charge in [-0.1, -0.05) is 48.5 Å². The monoisotopic (exact) mass is 572 g/mol. The Morgan fingerprint density at radius 3 is 2.24 bits per heavy atom. The highest BCUT2D eigenvalue weighted by Crippen LogP contribution is 2.19. The fourth-order valence-electron chi connectivity index (χ4n) is 5.09. The molecule has 0 unspecified atom stereocenters. The maximum atomic E-state index is 14.3. The highest BCUT2D eigenvalue weighted by Gasteiger charge is 2.27. The molecule has 0 aromatic heterocycles. The predicted octanol–water partition coefficient (Wildman–Crippen LogP) is 2.96. The van der Waals surface area contributed by atoms with E-state index in [1.807, 2.05) is 42.5 Å². The highest BCUT2D eigenvalue weighted by molar-refractivity contribution is 5.92. The number of nitrogens with one attached hydrogen (secondary N) is 1. The molecular formula is C31H41F3N5O2+. The molecule has 41 heavy (non-hydrogen) atoms. The van der Waals surface area contributed by atoms with Crippen LogP contribution in [0.5, 0.6) is 0 Å². The van der Waals surface area contributed by atoms with Gasteiger partial charge in [-0.3, -0.25) is 9.59 Å². The summed E-state index contributed by atoms with van der Waals surface area (Å²) in [6.07, 6.45) is 1.21. The van der Waals surface area contributed by atoms with Gasteiger partial charge in [0.05, 0.1) is 38.8 Å². The van der Waals surface area contributed by atoms with Gasteiger partial charge in [-0.15, -0.1) is 0 Å². The molecule has 0 aliphatic carbocycles. The standard InChI is InChI=1S/C31H40F3N5O2/c1-39(17-14-35,18-15-36)16-4-7-26(37)31(41)38-27(28(40)20-24-11-12-25(32)30(34)29(24)33)13-9-21-8-10-22-5-2-3-6-23(22)19-21/h2-3,5-6,8,10-12,19,26-27H,4,7,9,13-18,20,35-37H2,1H3/p+1/t26-,27-/m0/s1. The molecule has 3 aromatic carbocycles. The van der Waals surface area contributed by atoms with Crippen molar-refractivity contribution in [3.8, 4) is 0 Å². The van der Waals surface area contributed by atoms with Crippen molar-refractivity contribution < 1.29 is 27.2 Å². The van der Waals surface area contributed by atoms with E-state index in [-0.39, 0.29) is 12.0 Å². The summed E-state index contributed by atoms with van der Waals surface area (Å²) < 4.78 is 42.2. The van der Waals surface area contributed by atoms with E-state index in [9.17, 15) is 22.8 Å². The van der Waals surface area contributed by atoms with E-state index >= 15 is 0 Å². The second kappa shape index (κ2) is 15.1. The van der Waals surface area contributed by atoms with Crippen LogP contribution in [0.4, 0.5) is 13.2 Å². The summed E-state index contributed by atoms with van der Waals surface area (Å²) in [5.74, 6) is -5.40. The topological polar surface area (TPSA) is 124 Å². The predicted molar refractivity (Wildman–Crippen MR) is 155 cm³/mol. The number of carbonyl (C=O) groups is 2. The second-order valence-electron chi connectivity index (χ2n) is 10.9. The minimum atomic E-state index is -1.64. The van der Waals surface area contributed by atoms with Crippen molar-refractivity contribution in [2.75, 3.05) is 39.8 Å². The summed E-state index contributed by atoms with van der Waals surface area (Å²) >= 11 is 0. The number of carbonyl (C=O) groups excluding carboxylic acids is 2. The largest absolute Gasteiger partial charge is 0.345 e. The summed E-state index contributed by atoms with van der Waals surface area (Å²) in [7, 11) is 2.06. The van der Waals surface area contributed by atoms with Gasteiger partial charge in [0.15, 0.2) is 23.2 Å². The lowest BCUT2D eigenvalue weighted by Gasteiger charge is -2.34. The number of amides is 1. The molecule has 0 aliphatic heterocycles. The van der Waals surface area contributed by atoms with Crippen LogP contribution in [0.1, 0.15) is 30.4 Å². The number of hydrogen-bond donors (Lipinski definition) is 4. The molecule has 3 rings (SSSR count). The first-order valence-corrected chi connectivity index (χ1v) is 14.0. The number of nitrogens with two attached hydrogens (primary N) is 3. The maximum Gasteiger partial charge on any atom is 0.237 e. The Morgan fingerprint density at radius 1 is 0.878 bits per heavy atom. The van der Waals surface area contributed by atoms with E-state index in [1.165, 1.54) is 0 Å². The number of Topliss-reactive ketones (excluding diaryl/α,β-unsaturated/α-hetero) is 1. The van der Waals surface area contributed by atoms with E-state index in [0.29, 0.717) is 36.8 Å². The molecule has 0 bridgehead atoms. The number of fused-ring (bicyclic) bond motifs is 1. The lowest BCUT2D eigenvalue weighted by atomic mass is 9.96. The zero-order chi connectivity index (χ0) is 30.0. The first kappa shape index (κ1) is 32.2. The SMILES string of the molecule is C[N+](CCN)(CCN)CCC[C@H](N)C(=O)N[C@@H](CCc1ccc2ccccc2c1)C(=O)Cc1ccc(F)c(F)c1F. The molecule has 0 heterocycles. The summed E-state index contributed by atoms with van der Waals surface area (Å²) in [5, 5.41) is 4.85.